The largest absolute Gasteiger partial charge is 0.364 e. The van der Waals surface area contributed by atoms with Crippen LogP contribution in [0, 0.1) is 11.8 Å². The van der Waals surface area contributed by atoms with Gasteiger partial charge in [0.2, 0.25) is 0 Å². The normalized spacial score (nSPS) is 31.5. The second-order valence-corrected chi connectivity index (χ2v) is 5.44. The smallest absolute Gasteiger partial charge is 0.186 e. The maximum absolute atomic E-state index is 5.91. The van der Waals surface area contributed by atoms with Gasteiger partial charge in [-0.3, -0.25) is 0 Å². The zero-order valence-electron chi connectivity index (χ0n) is 9.03. The molecule has 3 nitrogen and oxygen atoms in total. The third-order valence-electron chi connectivity index (χ3n) is 3.20. The maximum Gasteiger partial charge on any atom is 0.186 e. The van der Waals surface area contributed by atoms with E-state index in [1.54, 1.807) is 0 Å². The van der Waals surface area contributed by atoms with Crippen LogP contribution in [0.15, 0.2) is 0 Å². The molecule has 15 heavy (non-hydrogen) atoms. The van der Waals surface area contributed by atoms with Gasteiger partial charge in [-0.1, -0.05) is 25.4 Å². The molecule has 0 aliphatic heterocycles. The van der Waals surface area contributed by atoms with Crippen molar-refractivity contribution >= 4 is 29.1 Å². The lowest BCUT2D eigenvalue weighted by Crippen LogP contribution is -2.33. The van der Waals surface area contributed by atoms with Crippen molar-refractivity contribution in [2.45, 2.75) is 39.2 Å². The lowest BCUT2D eigenvalue weighted by Gasteiger charge is -2.33. The Morgan fingerprint density at radius 1 is 1.33 bits per heavy atom. The molecule has 0 bridgehead atoms. The summed E-state index contributed by atoms with van der Waals surface area (Å²) in [5.41, 5.74) is 0. The molecule has 1 aromatic heterocycles. The Labute approximate surface area is 99.6 Å². The number of aromatic nitrogens is 2. The first-order valence-electron chi connectivity index (χ1n) is 5.41. The predicted octanol–water partition coefficient (Wildman–Crippen LogP) is 3.43. The van der Waals surface area contributed by atoms with Gasteiger partial charge in [0.15, 0.2) is 11.0 Å². The van der Waals surface area contributed by atoms with Crippen molar-refractivity contribution in [1.82, 2.24) is 8.75 Å². The van der Waals surface area contributed by atoms with E-state index in [-0.39, 0.29) is 0 Å². The van der Waals surface area contributed by atoms with Crippen molar-refractivity contribution < 1.29 is 0 Å². The molecule has 2 rings (SSSR count). The Morgan fingerprint density at radius 2 is 2.13 bits per heavy atom. The predicted molar refractivity (Wildman–Crippen MR) is 64.5 cm³/mol. The number of hydrogen-bond donors (Lipinski definition) is 1. The summed E-state index contributed by atoms with van der Waals surface area (Å²) in [6.07, 6.45) is 3.78. The number of halogens is 1. The monoisotopic (exact) mass is 245 g/mol. The minimum Gasteiger partial charge on any atom is -0.364 e. The van der Waals surface area contributed by atoms with E-state index in [1.165, 1.54) is 19.3 Å². The summed E-state index contributed by atoms with van der Waals surface area (Å²) >= 11 is 7.07. The first-order chi connectivity index (χ1) is 7.16. The molecule has 1 aliphatic rings. The molecule has 1 aromatic rings. The maximum atomic E-state index is 5.91. The zero-order chi connectivity index (χ0) is 10.8. The highest BCUT2D eigenvalue weighted by Gasteiger charge is 2.26. The molecule has 0 saturated heterocycles. The van der Waals surface area contributed by atoms with Crippen LogP contribution in [0.1, 0.15) is 33.1 Å². The number of hydrogen-bond acceptors (Lipinski definition) is 4. The van der Waals surface area contributed by atoms with E-state index in [1.807, 2.05) is 0 Å². The zero-order valence-corrected chi connectivity index (χ0v) is 10.6. The molecule has 3 atom stereocenters. The highest BCUT2D eigenvalue weighted by Crippen LogP contribution is 2.31. The second-order valence-electron chi connectivity index (χ2n) is 4.55. The summed E-state index contributed by atoms with van der Waals surface area (Å²) in [4.78, 5) is 0. The summed E-state index contributed by atoms with van der Waals surface area (Å²) in [6.45, 7) is 4.62. The molecule has 84 valence electrons. The van der Waals surface area contributed by atoms with Crippen LogP contribution in [0.4, 0.5) is 5.82 Å². The molecule has 0 amide bonds. The van der Waals surface area contributed by atoms with Gasteiger partial charge in [-0.25, -0.2) is 0 Å². The van der Waals surface area contributed by atoms with Crippen LogP contribution < -0.4 is 5.32 Å². The molecule has 1 heterocycles. The van der Waals surface area contributed by atoms with Crippen LogP contribution in [0.2, 0.25) is 5.15 Å². The van der Waals surface area contributed by atoms with E-state index in [9.17, 15) is 0 Å². The summed E-state index contributed by atoms with van der Waals surface area (Å²) < 4.78 is 8.11. The van der Waals surface area contributed by atoms with Crippen LogP contribution in [-0.2, 0) is 0 Å². The average molecular weight is 246 g/mol. The fourth-order valence-electron chi connectivity index (χ4n) is 2.32. The number of nitrogens with one attached hydrogen (secondary N) is 1. The number of nitrogens with zero attached hydrogens (tertiary/aromatic N) is 2. The van der Waals surface area contributed by atoms with Crippen LogP contribution in [0.25, 0.3) is 0 Å². The molecule has 3 unspecified atom stereocenters. The molecule has 1 saturated carbocycles. The van der Waals surface area contributed by atoms with Gasteiger partial charge >= 0.3 is 0 Å². The fraction of sp³-hybridized carbons (Fsp3) is 0.800. The van der Waals surface area contributed by atoms with E-state index < -0.39 is 0 Å². The summed E-state index contributed by atoms with van der Waals surface area (Å²) in [5, 5.41) is 3.91. The number of anilines is 1. The molecular weight excluding hydrogens is 230 g/mol. The third-order valence-corrected chi connectivity index (χ3v) is 4.09. The summed E-state index contributed by atoms with van der Waals surface area (Å²) in [5.74, 6) is 2.29. The Balaban J connectivity index is 1.98. The van der Waals surface area contributed by atoms with Gasteiger partial charge in [0, 0.05) is 6.04 Å². The van der Waals surface area contributed by atoms with Gasteiger partial charge in [-0.05, 0) is 31.1 Å². The quantitative estimate of drug-likeness (QED) is 0.868. The average Bonchev–Trinajstić information content (AvgIpc) is 2.57. The van der Waals surface area contributed by atoms with Gasteiger partial charge in [-0.15, -0.1) is 0 Å². The minimum atomic E-state index is 0.502. The molecule has 1 N–H and O–H groups in total. The van der Waals surface area contributed by atoms with Crippen molar-refractivity contribution in [3.63, 3.8) is 0 Å². The third kappa shape index (κ3) is 2.61. The van der Waals surface area contributed by atoms with E-state index in [0.717, 1.165) is 23.5 Å². The van der Waals surface area contributed by atoms with Crippen LogP contribution >= 0.6 is 23.3 Å². The van der Waals surface area contributed by atoms with E-state index in [4.69, 9.17) is 11.6 Å². The molecule has 0 radical (unpaired) electrons. The minimum absolute atomic E-state index is 0.502. The van der Waals surface area contributed by atoms with Gasteiger partial charge in [-0.2, -0.15) is 8.75 Å². The van der Waals surface area contributed by atoms with Crippen LogP contribution in [0.5, 0.6) is 0 Å². The van der Waals surface area contributed by atoms with Crippen molar-refractivity contribution in [2.24, 2.45) is 11.8 Å². The summed E-state index contributed by atoms with van der Waals surface area (Å²) in [7, 11) is 0. The second kappa shape index (κ2) is 4.66. The van der Waals surface area contributed by atoms with Crippen LogP contribution in [-0.4, -0.2) is 14.8 Å². The van der Waals surface area contributed by atoms with Crippen molar-refractivity contribution in [1.29, 1.82) is 0 Å². The van der Waals surface area contributed by atoms with Crippen molar-refractivity contribution in [3.8, 4) is 0 Å². The fourth-order valence-corrected chi connectivity index (χ4v) is 2.98. The highest BCUT2D eigenvalue weighted by atomic mass is 35.5. The summed E-state index contributed by atoms with van der Waals surface area (Å²) in [6, 6.07) is 0.502. The van der Waals surface area contributed by atoms with E-state index in [2.05, 4.69) is 27.9 Å². The molecule has 5 heteroatoms. The van der Waals surface area contributed by atoms with Gasteiger partial charge < -0.3 is 5.32 Å². The SMILES string of the molecule is CC1CCC(Nc2nsnc2Cl)C(C)C1. The Bertz CT molecular complexity index is 328. The lowest BCUT2D eigenvalue weighted by molar-refractivity contribution is 0.276. The first-order valence-corrected chi connectivity index (χ1v) is 6.52. The lowest BCUT2D eigenvalue weighted by atomic mass is 9.80. The van der Waals surface area contributed by atoms with Crippen molar-refractivity contribution in [2.75, 3.05) is 5.32 Å². The van der Waals surface area contributed by atoms with E-state index >= 15 is 0 Å². The topological polar surface area (TPSA) is 37.8 Å². The number of rotatable bonds is 2. The first kappa shape index (κ1) is 11.1. The van der Waals surface area contributed by atoms with Crippen molar-refractivity contribution in [3.05, 3.63) is 5.15 Å². The molecule has 0 spiro atoms. The van der Waals surface area contributed by atoms with E-state index in [0.29, 0.717) is 17.1 Å². The Kier molecular flexibility index (Phi) is 3.46. The van der Waals surface area contributed by atoms with Gasteiger partial charge in [0.1, 0.15) is 0 Å². The molecule has 1 fully saturated rings. The van der Waals surface area contributed by atoms with Gasteiger partial charge in [0.05, 0.1) is 11.7 Å². The Morgan fingerprint density at radius 3 is 2.73 bits per heavy atom. The molecule has 0 aromatic carbocycles. The molecular formula is C10H16ClN3S. The standard InChI is InChI=1S/C10H16ClN3S/c1-6-3-4-8(7(2)5-6)12-10-9(11)13-15-14-10/h6-8H,3-5H2,1-2H3,(H,12,14). The highest BCUT2D eigenvalue weighted by molar-refractivity contribution is 6.99. The molecule has 1 aliphatic carbocycles. The van der Waals surface area contributed by atoms with Gasteiger partial charge in [0.25, 0.3) is 0 Å². The van der Waals surface area contributed by atoms with Crippen LogP contribution in [0.3, 0.4) is 0 Å². The Hall–Kier alpha value is -0.350.